The second kappa shape index (κ2) is 14.5. The number of nitrogens with zero attached hydrogens (tertiary/aromatic N) is 2. The number of rotatable bonds is 12. The molecule has 1 saturated heterocycles. The van der Waals surface area contributed by atoms with E-state index in [0.29, 0.717) is 12.7 Å². The highest BCUT2D eigenvalue weighted by Gasteiger charge is 2.21. The van der Waals surface area contributed by atoms with E-state index < -0.39 is 0 Å². The number of hydrogen-bond donors (Lipinski definition) is 1. The van der Waals surface area contributed by atoms with E-state index in [0.717, 1.165) is 77.6 Å². The second-order valence-electron chi connectivity index (χ2n) is 6.11. The lowest BCUT2D eigenvalue weighted by atomic mass is 10.1. The molecule has 1 fully saturated rings. The van der Waals surface area contributed by atoms with Gasteiger partial charge in [0, 0.05) is 46.6 Å². The van der Waals surface area contributed by atoms with Crippen LogP contribution in [0.15, 0.2) is 4.99 Å². The Morgan fingerprint density at radius 1 is 1.08 bits per heavy atom. The lowest BCUT2D eigenvalue weighted by molar-refractivity contribution is 0.00988. The Balaban J connectivity index is 2.26. The summed E-state index contributed by atoms with van der Waals surface area (Å²) in [4.78, 5) is 7.03. The number of piperidine rings is 1. The van der Waals surface area contributed by atoms with E-state index in [4.69, 9.17) is 19.2 Å². The standard InChI is InChI=1S/C18H37N3O3/c1-4-6-14-23-16-10-20-18(19-5-2)21-11-8-17(9-12-21)24-15-7-13-22-3/h17H,4-16H2,1-3H3,(H,19,20). The van der Waals surface area contributed by atoms with Crippen LogP contribution >= 0.6 is 0 Å². The molecule has 1 aliphatic heterocycles. The Labute approximate surface area is 147 Å². The van der Waals surface area contributed by atoms with Gasteiger partial charge in [-0.2, -0.15) is 0 Å². The van der Waals surface area contributed by atoms with E-state index in [1.807, 2.05) is 0 Å². The van der Waals surface area contributed by atoms with E-state index in [1.54, 1.807) is 7.11 Å². The zero-order chi connectivity index (χ0) is 17.5. The summed E-state index contributed by atoms with van der Waals surface area (Å²) in [5, 5.41) is 3.39. The number of methoxy groups -OCH3 is 1. The lowest BCUT2D eigenvalue weighted by Gasteiger charge is -2.34. The summed E-state index contributed by atoms with van der Waals surface area (Å²) < 4.78 is 16.6. The molecular weight excluding hydrogens is 306 g/mol. The van der Waals surface area contributed by atoms with E-state index >= 15 is 0 Å². The van der Waals surface area contributed by atoms with E-state index in [9.17, 15) is 0 Å². The Morgan fingerprint density at radius 3 is 2.54 bits per heavy atom. The topological polar surface area (TPSA) is 55.3 Å². The van der Waals surface area contributed by atoms with Crippen LogP contribution in [0, 0.1) is 0 Å². The van der Waals surface area contributed by atoms with Crippen LogP contribution in [-0.2, 0) is 14.2 Å². The van der Waals surface area contributed by atoms with Crippen molar-refractivity contribution in [2.75, 3.05) is 59.7 Å². The second-order valence-corrected chi connectivity index (χ2v) is 6.11. The Bertz CT molecular complexity index is 319. The fraction of sp³-hybridized carbons (Fsp3) is 0.944. The molecule has 1 N–H and O–H groups in total. The quantitative estimate of drug-likeness (QED) is 0.335. The van der Waals surface area contributed by atoms with Gasteiger partial charge in [0.2, 0.25) is 0 Å². The van der Waals surface area contributed by atoms with Gasteiger partial charge in [-0.15, -0.1) is 0 Å². The summed E-state index contributed by atoms with van der Waals surface area (Å²) in [6.45, 7) is 11.0. The van der Waals surface area contributed by atoms with Gasteiger partial charge in [-0.25, -0.2) is 0 Å². The first-order valence-corrected chi connectivity index (χ1v) is 9.53. The normalized spacial score (nSPS) is 16.6. The molecule has 142 valence electrons. The van der Waals surface area contributed by atoms with Gasteiger partial charge in [0.1, 0.15) is 0 Å². The van der Waals surface area contributed by atoms with Crippen LogP contribution in [-0.4, -0.2) is 76.7 Å². The molecule has 0 radical (unpaired) electrons. The average molecular weight is 344 g/mol. The number of ether oxygens (including phenoxy) is 3. The molecule has 6 nitrogen and oxygen atoms in total. The van der Waals surface area contributed by atoms with Gasteiger partial charge in [-0.05, 0) is 32.6 Å². The van der Waals surface area contributed by atoms with Crippen molar-refractivity contribution in [1.29, 1.82) is 0 Å². The number of hydrogen-bond acceptors (Lipinski definition) is 4. The van der Waals surface area contributed by atoms with Crippen LogP contribution in [0.2, 0.25) is 0 Å². The van der Waals surface area contributed by atoms with Crippen LogP contribution in [0.25, 0.3) is 0 Å². The molecule has 0 bridgehead atoms. The molecule has 0 aromatic rings. The molecule has 0 aliphatic carbocycles. The Hall–Kier alpha value is -0.850. The van der Waals surface area contributed by atoms with Gasteiger partial charge < -0.3 is 24.4 Å². The molecule has 0 saturated carbocycles. The predicted molar refractivity (Wildman–Crippen MR) is 98.7 cm³/mol. The van der Waals surface area contributed by atoms with E-state index in [1.165, 1.54) is 6.42 Å². The van der Waals surface area contributed by atoms with Crippen molar-refractivity contribution in [1.82, 2.24) is 10.2 Å². The van der Waals surface area contributed by atoms with Crippen molar-refractivity contribution in [2.45, 2.75) is 52.1 Å². The summed E-state index contributed by atoms with van der Waals surface area (Å²) in [5.74, 6) is 1.01. The van der Waals surface area contributed by atoms with Crippen molar-refractivity contribution in [3.8, 4) is 0 Å². The summed E-state index contributed by atoms with van der Waals surface area (Å²) in [6, 6.07) is 0. The van der Waals surface area contributed by atoms with Gasteiger partial charge >= 0.3 is 0 Å². The number of guanidine groups is 1. The molecular formula is C18H37N3O3. The largest absolute Gasteiger partial charge is 0.385 e. The molecule has 0 unspecified atom stereocenters. The van der Waals surface area contributed by atoms with E-state index in [-0.39, 0.29) is 0 Å². The zero-order valence-corrected chi connectivity index (χ0v) is 15.9. The molecule has 0 atom stereocenters. The summed E-state index contributed by atoms with van der Waals surface area (Å²) in [5.41, 5.74) is 0. The zero-order valence-electron chi connectivity index (χ0n) is 15.9. The van der Waals surface area contributed by atoms with Gasteiger partial charge in [-0.3, -0.25) is 4.99 Å². The maximum atomic E-state index is 5.92. The highest BCUT2D eigenvalue weighted by Crippen LogP contribution is 2.14. The number of aliphatic imine (C=N–C) groups is 1. The summed E-state index contributed by atoms with van der Waals surface area (Å²) in [7, 11) is 1.73. The van der Waals surface area contributed by atoms with Crippen LogP contribution in [0.3, 0.4) is 0 Å². The van der Waals surface area contributed by atoms with Gasteiger partial charge in [0.05, 0.1) is 19.3 Å². The van der Waals surface area contributed by atoms with Crippen LogP contribution in [0.5, 0.6) is 0 Å². The predicted octanol–water partition coefficient (Wildman–Crippen LogP) is 2.29. The fourth-order valence-corrected chi connectivity index (χ4v) is 2.68. The van der Waals surface area contributed by atoms with Crippen molar-refractivity contribution in [3.05, 3.63) is 0 Å². The molecule has 0 spiro atoms. The lowest BCUT2D eigenvalue weighted by Crippen LogP contribution is -2.47. The molecule has 0 aromatic heterocycles. The van der Waals surface area contributed by atoms with Crippen molar-refractivity contribution in [3.63, 3.8) is 0 Å². The van der Waals surface area contributed by atoms with Crippen molar-refractivity contribution < 1.29 is 14.2 Å². The SMILES string of the molecule is CCCCOCCN=C(NCC)N1CCC(OCCCOC)CC1. The first-order chi connectivity index (χ1) is 11.8. The molecule has 24 heavy (non-hydrogen) atoms. The number of likely N-dealkylation sites (tertiary alicyclic amines) is 1. The van der Waals surface area contributed by atoms with Crippen molar-refractivity contribution >= 4 is 5.96 Å². The Kier molecular flexibility index (Phi) is 12.8. The number of unbranched alkanes of at least 4 members (excludes halogenated alkanes) is 1. The summed E-state index contributed by atoms with van der Waals surface area (Å²) in [6.07, 6.45) is 5.77. The monoisotopic (exact) mass is 343 g/mol. The van der Waals surface area contributed by atoms with Crippen LogP contribution in [0.1, 0.15) is 46.0 Å². The first-order valence-electron chi connectivity index (χ1n) is 9.53. The molecule has 1 rings (SSSR count). The Morgan fingerprint density at radius 2 is 1.88 bits per heavy atom. The molecule has 0 aromatic carbocycles. The first kappa shape index (κ1) is 21.2. The maximum absolute atomic E-state index is 5.92. The van der Waals surface area contributed by atoms with Crippen LogP contribution < -0.4 is 5.32 Å². The van der Waals surface area contributed by atoms with Crippen LogP contribution in [0.4, 0.5) is 0 Å². The molecule has 1 aliphatic rings. The third-order valence-electron chi connectivity index (χ3n) is 4.06. The average Bonchev–Trinajstić information content (AvgIpc) is 2.61. The number of nitrogens with one attached hydrogen (secondary N) is 1. The highest BCUT2D eigenvalue weighted by atomic mass is 16.5. The molecule has 0 amide bonds. The minimum atomic E-state index is 0.373. The van der Waals surface area contributed by atoms with Gasteiger partial charge in [-0.1, -0.05) is 13.3 Å². The molecule has 6 heteroatoms. The smallest absolute Gasteiger partial charge is 0.193 e. The maximum Gasteiger partial charge on any atom is 0.193 e. The summed E-state index contributed by atoms with van der Waals surface area (Å²) >= 11 is 0. The fourth-order valence-electron chi connectivity index (χ4n) is 2.68. The minimum Gasteiger partial charge on any atom is -0.385 e. The third-order valence-corrected chi connectivity index (χ3v) is 4.06. The van der Waals surface area contributed by atoms with Gasteiger partial charge in [0.25, 0.3) is 0 Å². The highest BCUT2D eigenvalue weighted by molar-refractivity contribution is 5.80. The van der Waals surface area contributed by atoms with Gasteiger partial charge in [0.15, 0.2) is 5.96 Å². The van der Waals surface area contributed by atoms with Crippen molar-refractivity contribution in [2.24, 2.45) is 4.99 Å². The minimum absolute atomic E-state index is 0.373. The third kappa shape index (κ3) is 9.45. The van der Waals surface area contributed by atoms with E-state index in [2.05, 4.69) is 24.1 Å². The molecule has 1 heterocycles.